The Labute approximate surface area is 120 Å². The molecule has 2 aromatic carbocycles. The molecule has 0 spiro atoms. The molecule has 1 fully saturated rings. The molecular formula is C18H21NO. The van der Waals surface area contributed by atoms with Crippen LogP contribution >= 0.6 is 0 Å². The lowest BCUT2D eigenvalue weighted by molar-refractivity contribution is 0.0272. The van der Waals surface area contributed by atoms with E-state index in [0.29, 0.717) is 6.54 Å². The third kappa shape index (κ3) is 2.15. The van der Waals surface area contributed by atoms with Crippen LogP contribution in [0.25, 0.3) is 0 Å². The number of hydrogen-bond donors (Lipinski definition) is 1. The van der Waals surface area contributed by atoms with E-state index in [-0.39, 0.29) is 11.5 Å². The lowest BCUT2D eigenvalue weighted by Gasteiger charge is -2.45. The van der Waals surface area contributed by atoms with Crippen LogP contribution in [0.1, 0.15) is 17.5 Å². The van der Waals surface area contributed by atoms with E-state index in [9.17, 15) is 5.11 Å². The Bertz CT molecular complexity index is 513. The second kappa shape index (κ2) is 5.39. The fraction of sp³-hybridized carbons (Fsp3) is 0.333. The number of aliphatic hydroxyl groups is 1. The first-order valence-corrected chi connectivity index (χ1v) is 7.21. The third-order valence-corrected chi connectivity index (χ3v) is 4.52. The van der Waals surface area contributed by atoms with Crippen LogP contribution in [0, 0.1) is 0 Å². The number of rotatable bonds is 2. The first-order valence-electron chi connectivity index (χ1n) is 7.21. The highest BCUT2D eigenvalue weighted by molar-refractivity contribution is 5.41. The van der Waals surface area contributed by atoms with E-state index >= 15 is 0 Å². The highest BCUT2D eigenvalue weighted by atomic mass is 16.3. The zero-order chi connectivity index (χ0) is 14.0. The summed E-state index contributed by atoms with van der Waals surface area (Å²) >= 11 is 0. The third-order valence-electron chi connectivity index (χ3n) is 4.52. The molecule has 2 aromatic rings. The number of nitrogens with zero attached hydrogens (tertiary/aromatic N) is 1. The van der Waals surface area contributed by atoms with Crippen LogP contribution in [0.3, 0.4) is 0 Å². The van der Waals surface area contributed by atoms with Crippen molar-refractivity contribution in [2.24, 2.45) is 0 Å². The molecule has 3 rings (SSSR count). The van der Waals surface area contributed by atoms with Gasteiger partial charge in [-0.1, -0.05) is 60.7 Å². The van der Waals surface area contributed by atoms with Crippen molar-refractivity contribution in [3.8, 4) is 0 Å². The summed E-state index contributed by atoms with van der Waals surface area (Å²) in [6, 6.07) is 20.9. The highest BCUT2D eigenvalue weighted by Crippen LogP contribution is 2.41. The summed E-state index contributed by atoms with van der Waals surface area (Å²) in [5, 5.41) is 10.9. The van der Waals surface area contributed by atoms with Gasteiger partial charge in [-0.25, -0.2) is 0 Å². The van der Waals surface area contributed by atoms with E-state index in [2.05, 4.69) is 60.5 Å². The minimum Gasteiger partial charge on any atom is -0.391 e. The van der Waals surface area contributed by atoms with Gasteiger partial charge in [-0.05, 0) is 31.1 Å². The molecule has 1 N–H and O–H groups in total. The molecule has 0 amide bonds. The van der Waals surface area contributed by atoms with E-state index in [1.54, 1.807) is 0 Å². The largest absolute Gasteiger partial charge is 0.391 e. The van der Waals surface area contributed by atoms with Gasteiger partial charge in [0.15, 0.2) is 0 Å². The van der Waals surface area contributed by atoms with Gasteiger partial charge in [0.25, 0.3) is 0 Å². The smallest absolute Gasteiger partial charge is 0.0804 e. The van der Waals surface area contributed by atoms with Gasteiger partial charge in [0.2, 0.25) is 0 Å². The van der Waals surface area contributed by atoms with Crippen LogP contribution in [-0.2, 0) is 5.41 Å². The maximum atomic E-state index is 10.9. The average molecular weight is 267 g/mol. The molecule has 104 valence electrons. The zero-order valence-electron chi connectivity index (χ0n) is 11.9. The van der Waals surface area contributed by atoms with Gasteiger partial charge in [-0.2, -0.15) is 0 Å². The van der Waals surface area contributed by atoms with Crippen LogP contribution in [0.5, 0.6) is 0 Å². The monoisotopic (exact) mass is 267 g/mol. The predicted octanol–water partition coefficient (Wildman–Crippen LogP) is 2.67. The Kier molecular flexibility index (Phi) is 3.60. The second-order valence-corrected chi connectivity index (χ2v) is 5.73. The van der Waals surface area contributed by atoms with Crippen LogP contribution in [-0.4, -0.2) is 36.2 Å². The van der Waals surface area contributed by atoms with Crippen molar-refractivity contribution in [2.75, 3.05) is 20.1 Å². The summed E-state index contributed by atoms with van der Waals surface area (Å²) in [6.07, 6.45) is 0.560. The molecule has 1 aliphatic heterocycles. The number of benzene rings is 2. The second-order valence-electron chi connectivity index (χ2n) is 5.73. The molecule has 0 aromatic heterocycles. The topological polar surface area (TPSA) is 23.5 Å². The minimum absolute atomic E-state index is 0.283. The Balaban J connectivity index is 2.13. The molecule has 0 radical (unpaired) electrons. The van der Waals surface area contributed by atoms with E-state index in [0.717, 1.165) is 13.0 Å². The maximum absolute atomic E-state index is 10.9. The van der Waals surface area contributed by atoms with Gasteiger partial charge in [0.05, 0.1) is 6.10 Å². The molecular weight excluding hydrogens is 246 g/mol. The summed E-state index contributed by atoms with van der Waals surface area (Å²) in [7, 11) is 2.07. The number of β-amino-alcohol motifs (C(OH)–C–C–N with tert-alkyl or cyclic N) is 1. The SMILES string of the molecule is CN1CCC(c2ccccc2)(c2ccccc2)[C@H](O)C1. The van der Waals surface area contributed by atoms with Crippen molar-refractivity contribution >= 4 is 0 Å². The van der Waals surface area contributed by atoms with E-state index in [1.807, 2.05) is 12.1 Å². The summed E-state index contributed by atoms with van der Waals surface area (Å²) in [5.74, 6) is 0. The molecule has 0 aliphatic carbocycles. The van der Waals surface area contributed by atoms with Crippen molar-refractivity contribution in [1.29, 1.82) is 0 Å². The Morgan fingerprint density at radius 2 is 1.45 bits per heavy atom. The molecule has 1 saturated heterocycles. The van der Waals surface area contributed by atoms with Crippen LogP contribution in [0.4, 0.5) is 0 Å². The number of hydrogen-bond acceptors (Lipinski definition) is 2. The van der Waals surface area contributed by atoms with Crippen molar-refractivity contribution in [3.63, 3.8) is 0 Å². The quantitative estimate of drug-likeness (QED) is 0.904. The lowest BCUT2D eigenvalue weighted by atomic mass is 9.66. The molecule has 0 saturated carbocycles. The van der Waals surface area contributed by atoms with Gasteiger partial charge in [-0.3, -0.25) is 0 Å². The van der Waals surface area contributed by atoms with Crippen LogP contribution in [0.15, 0.2) is 60.7 Å². The molecule has 1 aliphatic rings. The van der Waals surface area contributed by atoms with Crippen LogP contribution < -0.4 is 0 Å². The Hall–Kier alpha value is -1.64. The average Bonchev–Trinajstić information content (AvgIpc) is 2.50. The predicted molar refractivity (Wildman–Crippen MR) is 81.8 cm³/mol. The van der Waals surface area contributed by atoms with Crippen molar-refractivity contribution in [1.82, 2.24) is 4.90 Å². The normalized spacial score (nSPS) is 22.6. The zero-order valence-corrected chi connectivity index (χ0v) is 11.9. The standard InChI is InChI=1S/C18H21NO/c1-19-13-12-18(17(20)14-19,15-8-4-2-5-9-15)16-10-6-3-7-11-16/h2-11,17,20H,12-14H2,1H3/t17-/m1/s1. The Morgan fingerprint density at radius 3 is 1.90 bits per heavy atom. The molecule has 0 bridgehead atoms. The van der Waals surface area contributed by atoms with E-state index < -0.39 is 0 Å². The Morgan fingerprint density at radius 1 is 0.950 bits per heavy atom. The summed E-state index contributed by atoms with van der Waals surface area (Å²) < 4.78 is 0. The van der Waals surface area contributed by atoms with E-state index in [1.165, 1.54) is 11.1 Å². The van der Waals surface area contributed by atoms with Crippen molar-refractivity contribution in [3.05, 3.63) is 71.8 Å². The maximum Gasteiger partial charge on any atom is 0.0804 e. The van der Waals surface area contributed by atoms with Crippen molar-refractivity contribution < 1.29 is 5.11 Å². The highest BCUT2D eigenvalue weighted by Gasteiger charge is 2.44. The summed E-state index contributed by atoms with van der Waals surface area (Å²) in [6.45, 7) is 1.71. The van der Waals surface area contributed by atoms with Gasteiger partial charge in [0.1, 0.15) is 0 Å². The molecule has 2 nitrogen and oxygen atoms in total. The van der Waals surface area contributed by atoms with Gasteiger partial charge < -0.3 is 10.0 Å². The van der Waals surface area contributed by atoms with Crippen molar-refractivity contribution in [2.45, 2.75) is 17.9 Å². The minimum atomic E-state index is -0.383. The summed E-state index contributed by atoms with van der Waals surface area (Å²) in [5.41, 5.74) is 2.15. The van der Waals surface area contributed by atoms with Gasteiger partial charge in [-0.15, -0.1) is 0 Å². The molecule has 1 heterocycles. The number of piperidine rings is 1. The molecule has 2 heteroatoms. The number of likely N-dealkylation sites (N-methyl/N-ethyl adjacent to an activating group) is 1. The first-order chi connectivity index (χ1) is 9.73. The lowest BCUT2D eigenvalue weighted by Crippen LogP contribution is -2.53. The first kappa shape index (κ1) is 13.3. The number of aliphatic hydroxyl groups excluding tert-OH is 1. The molecule has 1 atom stereocenters. The summed E-state index contributed by atoms with van der Waals surface area (Å²) in [4.78, 5) is 2.20. The van der Waals surface area contributed by atoms with Gasteiger partial charge in [0, 0.05) is 12.0 Å². The fourth-order valence-electron chi connectivity index (χ4n) is 3.39. The molecule has 0 unspecified atom stereocenters. The van der Waals surface area contributed by atoms with Crippen LogP contribution in [0.2, 0.25) is 0 Å². The van der Waals surface area contributed by atoms with E-state index in [4.69, 9.17) is 0 Å². The number of likely N-dealkylation sites (tertiary alicyclic amines) is 1. The fourth-order valence-corrected chi connectivity index (χ4v) is 3.39. The molecule has 20 heavy (non-hydrogen) atoms. The van der Waals surface area contributed by atoms with Gasteiger partial charge >= 0.3 is 0 Å².